The summed E-state index contributed by atoms with van der Waals surface area (Å²) in [4.78, 5) is 27.9. The van der Waals surface area contributed by atoms with Crippen molar-refractivity contribution < 1.29 is 22.8 Å². The van der Waals surface area contributed by atoms with E-state index in [4.69, 9.17) is 0 Å². The van der Waals surface area contributed by atoms with E-state index < -0.39 is 41.5 Å². The Bertz CT molecular complexity index is 1030. The van der Waals surface area contributed by atoms with E-state index in [1.54, 1.807) is 0 Å². The molecule has 0 atom stereocenters. The van der Waals surface area contributed by atoms with Gasteiger partial charge in [0.2, 0.25) is 11.8 Å². The van der Waals surface area contributed by atoms with Crippen LogP contribution in [0.3, 0.4) is 0 Å². The topological polar surface area (TPSA) is 65.2 Å². The van der Waals surface area contributed by atoms with Crippen molar-refractivity contribution in [2.75, 3.05) is 18.0 Å². The van der Waals surface area contributed by atoms with Crippen molar-refractivity contribution in [3.63, 3.8) is 0 Å². The monoisotopic (exact) mass is 389 g/mol. The molecule has 0 fully saturated rings. The summed E-state index contributed by atoms with van der Waals surface area (Å²) in [6.45, 7) is 0.901. The van der Waals surface area contributed by atoms with Crippen LogP contribution in [0.5, 0.6) is 0 Å². The highest BCUT2D eigenvalue weighted by Gasteiger charge is 2.23. The number of hydrogen-bond acceptors (Lipinski definition) is 2. The molecule has 3 rings (SSSR count). The fourth-order valence-corrected chi connectivity index (χ4v) is 2.96. The van der Waals surface area contributed by atoms with Gasteiger partial charge in [-0.3, -0.25) is 9.59 Å². The van der Waals surface area contributed by atoms with Crippen molar-refractivity contribution in [3.05, 3.63) is 65.6 Å². The lowest BCUT2D eigenvalue weighted by atomic mass is 10.1. The predicted octanol–water partition coefficient (Wildman–Crippen LogP) is 3.30. The summed E-state index contributed by atoms with van der Waals surface area (Å²) in [6, 6.07) is 9.37. The molecule has 5 nitrogen and oxygen atoms in total. The fourth-order valence-electron chi connectivity index (χ4n) is 2.96. The number of aromatic amines is 1. The van der Waals surface area contributed by atoms with E-state index in [1.165, 1.54) is 0 Å². The second-order valence-corrected chi connectivity index (χ2v) is 6.26. The average Bonchev–Trinajstić information content (AvgIpc) is 3.08. The molecule has 0 saturated carbocycles. The third-order valence-electron chi connectivity index (χ3n) is 4.38. The number of fused-ring (bicyclic) bond motifs is 1. The second kappa shape index (κ2) is 8.16. The van der Waals surface area contributed by atoms with Gasteiger partial charge in [0.15, 0.2) is 17.5 Å². The van der Waals surface area contributed by atoms with Crippen molar-refractivity contribution in [1.82, 2.24) is 10.3 Å². The number of hydrogen-bond donors (Lipinski definition) is 2. The van der Waals surface area contributed by atoms with Crippen LogP contribution in [0.4, 0.5) is 18.9 Å². The van der Waals surface area contributed by atoms with Gasteiger partial charge in [0.05, 0.1) is 5.69 Å². The molecule has 0 spiro atoms. The zero-order valence-corrected chi connectivity index (χ0v) is 15.1. The highest BCUT2D eigenvalue weighted by Crippen LogP contribution is 2.23. The van der Waals surface area contributed by atoms with Crippen LogP contribution in [0.2, 0.25) is 0 Å². The number of nitrogens with one attached hydrogen (secondary N) is 2. The number of halogens is 3. The van der Waals surface area contributed by atoms with Gasteiger partial charge in [0, 0.05) is 30.6 Å². The number of rotatable bonds is 6. The minimum atomic E-state index is -1.69. The van der Waals surface area contributed by atoms with Crippen LogP contribution in [-0.4, -0.2) is 29.9 Å². The maximum Gasteiger partial charge on any atom is 0.240 e. The Morgan fingerprint density at radius 2 is 1.82 bits per heavy atom. The highest BCUT2D eigenvalue weighted by molar-refractivity contribution is 5.97. The molecular weight excluding hydrogens is 371 g/mol. The minimum absolute atomic E-state index is 0.298. The van der Waals surface area contributed by atoms with E-state index in [2.05, 4.69) is 10.3 Å². The van der Waals surface area contributed by atoms with Gasteiger partial charge < -0.3 is 15.2 Å². The van der Waals surface area contributed by atoms with Crippen LogP contribution in [-0.2, 0) is 16.0 Å². The number of carbonyl (C=O) groups excluding carboxylic acids is 2. The first-order valence-corrected chi connectivity index (χ1v) is 8.61. The Morgan fingerprint density at radius 1 is 1.07 bits per heavy atom. The van der Waals surface area contributed by atoms with Gasteiger partial charge >= 0.3 is 0 Å². The molecular formula is C20H18F3N3O2. The van der Waals surface area contributed by atoms with Crippen molar-refractivity contribution in [2.45, 2.75) is 13.3 Å². The normalized spacial score (nSPS) is 10.9. The molecule has 0 aliphatic rings. The van der Waals surface area contributed by atoms with E-state index in [0.717, 1.165) is 34.4 Å². The number of anilines is 1. The zero-order chi connectivity index (χ0) is 20.3. The van der Waals surface area contributed by atoms with Crippen molar-refractivity contribution in [2.24, 2.45) is 0 Å². The maximum atomic E-state index is 14.0. The number of aromatic nitrogens is 1. The Morgan fingerprint density at radius 3 is 2.57 bits per heavy atom. The molecule has 2 aromatic carbocycles. The van der Waals surface area contributed by atoms with Gasteiger partial charge in [-0.05, 0) is 30.2 Å². The zero-order valence-electron chi connectivity index (χ0n) is 15.1. The van der Waals surface area contributed by atoms with E-state index >= 15 is 0 Å². The molecule has 0 aliphatic heterocycles. The van der Waals surface area contributed by atoms with Crippen LogP contribution < -0.4 is 10.2 Å². The summed E-state index contributed by atoms with van der Waals surface area (Å²) in [6.07, 6.45) is 2.41. The summed E-state index contributed by atoms with van der Waals surface area (Å²) in [5.74, 6) is -5.78. The van der Waals surface area contributed by atoms with Crippen LogP contribution in [0.1, 0.15) is 12.5 Å². The van der Waals surface area contributed by atoms with Gasteiger partial charge in [-0.15, -0.1) is 0 Å². The van der Waals surface area contributed by atoms with Gasteiger partial charge in [-0.2, -0.15) is 0 Å². The number of benzene rings is 2. The SMILES string of the molecule is CC(=O)N(CC(=O)NCCc1c[nH]c2ccccc12)c1ccc(F)c(F)c1F. The number of carbonyl (C=O) groups is 2. The summed E-state index contributed by atoms with van der Waals surface area (Å²) >= 11 is 0. The number of para-hydroxylation sites is 1. The number of H-pyrrole nitrogens is 1. The lowest BCUT2D eigenvalue weighted by Gasteiger charge is -2.21. The molecule has 28 heavy (non-hydrogen) atoms. The summed E-state index contributed by atoms with van der Waals surface area (Å²) < 4.78 is 40.5. The Labute approximate surface area is 159 Å². The van der Waals surface area contributed by atoms with E-state index in [0.29, 0.717) is 19.0 Å². The Kier molecular flexibility index (Phi) is 5.67. The van der Waals surface area contributed by atoms with E-state index in [-0.39, 0.29) is 0 Å². The van der Waals surface area contributed by atoms with Crippen LogP contribution in [0.25, 0.3) is 10.9 Å². The molecule has 0 aliphatic carbocycles. The molecule has 2 amide bonds. The lowest BCUT2D eigenvalue weighted by Crippen LogP contribution is -2.41. The largest absolute Gasteiger partial charge is 0.361 e. The van der Waals surface area contributed by atoms with E-state index in [1.807, 2.05) is 30.5 Å². The molecule has 3 aromatic rings. The van der Waals surface area contributed by atoms with Gasteiger partial charge in [0.25, 0.3) is 0 Å². The molecule has 146 valence electrons. The van der Waals surface area contributed by atoms with Crippen molar-refractivity contribution in [1.29, 1.82) is 0 Å². The van der Waals surface area contributed by atoms with Crippen LogP contribution in [0.15, 0.2) is 42.6 Å². The van der Waals surface area contributed by atoms with Crippen molar-refractivity contribution in [3.8, 4) is 0 Å². The third-order valence-corrected chi connectivity index (χ3v) is 4.38. The molecule has 0 radical (unpaired) electrons. The maximum absolute atomic E-state index is 14.0. The Hall–Kier alpha value is -3.29. The molecule has 8 heteroatoms. The molecule has 0 saturated heterocycles. The molecule has 2 N–H and O–H groups in total. The lowest BCUT2D eigenvalue weighted by molar-refractivity contribution is -0.123. The standard InChI is InChI=1S/C20H18F3N3O2/c1-12(27)26(17-7-6-15(21)19(22)20(17)23)11-18(28)24-9-8-13-10-25-16-5-3-2-4-14(13)16/h2-7,10,25H,8-9,11H2,1H3,(H,24,28). The first-order chi connectivity index (χ1) is 13.4. The first kappa shape index (κ1) is 19.5. The smallest absolute Gasteiger partial charge is 0.240 e. The predicted molar refractivity (Wildman–Crippen MR) is 99.4 cm³/mol. The van der Waals surface area contributed by atoms with E-state index in [9.17, 15) is 22.8 Å². The van der Waals surface area contributed by atoms with Gasteiger partial charge in [0.1, 0.15) is 6.54 Å². The van der Waals surface area contributed by atoms with Gasteiger partial charge in [-0.25, -0.2) is 13.2 Å². The minimum Gasteiger partial charge on any atom is -0.361 e. The summed E-state index contributed by atoms with van der Waals surface area (Å²) in [5.41, 5.74) is 1.52. The van der Waals surface area contributed by atoms with Crippen LogP contribution in [0, 0.1) is 17.5 Å². The van der Waals surface area contributed by atoms with Crippen LogP contribution >= 0.6 is 0 Å². The fraction of sp³-hybridized carbons (Fsp3) is 0.200. The average molecular weight is 389 g/mol. The Balaban J connectivity index is 1.63. The third kappa shape index (κ3) is 4.00. The summed E-state index contributed by atoms with van der Waals surface area (Å²) in [5, 5.41) is 3.70. The number of amides is 2. The highest BCUT2D eigenvalue weighted by atomic mass is 19.2. The molecule has 0 bridgehead atoms. The summed E-state index contributed by atoms with van der Waals surface area (Å²) in [7, 11) is 0. The second-order valence-electron chi connectivity index (χ2n) is 6.26. The van der Waals surface area contributed by atoms with Crippen molar-refractivity contribution >= 4 is 28.4 Å². The first-order valence-electron chi connectivity index (χ1n) is 8.61. The number of nitrogens with zero attached hydrogens (tertiary/aromatic N) is 1. The molecule has 1 heterocycles. The molecule has 0 unspecified atom stereocenters. The quantitative estimate of drug-likeness (QED) is 0.636. The van der Waals surface area contributed by atoms with Gasteiger partial charge in [-0.1, -0.05) is 18.2 Å². The molecule has 1 aromatic heterocycles.